The van der Waals surface area contributed by atoms with Crippen molar-refractivity contribution in [3.63, 3.8) is 0 Å². The third-order valence-electron chi connectivity index (χ3n) is 4.10. The monoisotopic (exact) mass is 382 g/mol. The number of likely N-dealkylation sites (N-methyl/N-ethyl adjacent to an activating group) is 1. The van der Waals surface area contributed by atoms with E-state index in [0.717, 1.165) is 5.56 Å². The number of amides is 1. The van der Waals surface area contributed by atoms with Crippen molar-refractivity contribution in [2.24, 2.45) is 0 Å². The molecule has 142 valence electrons. The molecule has 1 aromatic heterocycles. The van der Waals surface area contributed by atoms with Gasteiger partial charge in [0.2, 0.25) is 5.91 Å². The second kappa shape index (κ2) is 9.09. The summed E-state index contributed by atoms with van der Waals surface area (Å²) in [5, 5.41) is 3.26. The largest absolute Gasteiger partial charge is 0.435 e. The lowest BCUT2D eigenvalue weighted by Crippen LogP contribution is -2.36. The lowest BCUT2D eigenvalue weighted by Gasteiger charge is -2.20. The van der Waals surface area contributed by atoms with Crippen LogP contribution < -0.4 is 10.1 Å². The van der Waals surface area contributed by atoms with E-state index in [1.807, 2.05) is 6.92 Å². The first-order valence-electron chi connectivity index (χ1n) is 8.34. The van der Waals surface area contributed by atoms with Crippen LogP contribution in [0.1, 0.15) is 33.8 Å². The molecule has 0 saturated carbocycles. The number of halogens is 2. The van der Waals surface area contributed by atoms with Gasteiger partial charge in [0.1, 0.15) is 5.75 Å². The maximum atomic E-state index is 12.3. The van der Waals surface area contributed by atoms with E-state index in [2.05, 4.69) is 30.0 Å². The third kappa shape index (κ3) is 5.78. The normalized spacial score (nSPS) is 12.3. The molecule has 26 heavy (non-hydrogen) atoms. The lowest BCUT2D eigenvalue weighted by molar-refractivity contribution is -0.129. The minimum atomic E-state index is -2.84. The van der Waals surface area contributed by atoms with Crippen LogP contribution in [0.3, 0.4) is 0 Å². The molecule has 7 heteroatoms. The first-order valence-corrected chi connectivity index (χ1v) is 9.16. The Hall–Kier alpha value is -1.99. The van der Waals surface area contributed by atoms with Crippen LogP contribution in [0.4, 0.5) is 8.78 Å². The summed E-state index contributed by atoms with van der Waals surface area (Å²) in [5.74, 6) is 0.0732. The summed E-state index contributed by atoms with van der Waals surface area (Å²) in [6.45, 7) is 4.00. The van der Waals surface area contributed by atoms with Crippen LogP contribution in [-0.4, -0.2) is 31.0 Å². The Labute approximate surface area is 156 Å². The number of nitrogens with one attached hydrogen (secondary N) is 1. The summed E-state index contributed by atoms with van der Waals surface area (Å²) in [7, 11) is 1.72. The van der Waals surface area contributed by atoms with Gasteiger partial charge in [0.25, 0.3) is 0 Å². The number of rotatable bonds is 8. The van der Waals surface area contributed by atoms with E-state index >= 15 is 0 Å². The van der Waals surface area contributed by atoms with Gasteiger partial charge in [0.15, 0.2) is 0 Å². The standard InChI is InChI=1S/C19H24F2N2O2S/c1-12-9-17(14(3)26-12)13(2)22-10-18(24)23(4)11-15-5-7-16(8-6-15)25-19(20)21/h5-9,13,19,22H,10-11H2,1-4H3. The number of hydrogen-bond donors (Lipinski definition) is 1. The first-order chi connectivity index (χ1) is 12.3. The molecule has 2 aromatic rings. The van der Waals surface area contributed by atoms with Crippen LogP contribution in [0, 0.1) is 13.8 Å². The number of alkyl halides is 2. The highest BCUT2D eigenvalue weighted by atomic mass is 32.1. The van der Waals surface area contributed by atoms with E-state index in [9.17, 15) is 13.6 Å². The number of aryl methyl sites for hydroxylation is 2. The Morgan fingerprint density at radius 3 is 2.46 bits per heavy atom. The van der Waals surface area contributed by atoms with E-state index in [-0.39, 0.29) is 24.2 Å². The van der Waals surface area contributed by atoms with E-state index in [1.54, 1.807) is 35.4 Å². The predicted molar refractivity (Wildman–Crippen MR) is 99.8 cm³/mol. The molecule has 0 radical (unpaired) electrons. The Bertz CT molecular complexity index is 732. The zero-order valence-electron chi connectivity index (χ0n) is 15.4. The van der Waals surface area contributed by atoms with Gasteiger partial charge in [0.05, 0.1) is 6.54 Å². The first kappa shape index (κ1) is 20.3. The minimum absolute atomic E-state index is 0.0330. The summed E-state index contributed by atoms with van der Waals surface area (Å²) in [5.41, 5.74) is 2.07. The summed E-state index contributed by atoms with van der Waals surface area (Å²) in [6.07, 6.45) is 0. The van der Waals surface area contributed by atoms with Crippen LogP contribution in [0.15, 0.2) is 30.3 Å². The van der Waals surface area contributed by atoms with Crippen molar-refractivity contribution in [3.05, 3.63) is 51.2 Å². The number of hydrogen-bond acceptors (Lipinski definition) is 4. The number of nitrogens with zero attached hydrogens (tertiary/aromatic N) is 1. The summed E-state index contributed by atoms with van der Waals surface area (Å²) >= 11 is 1.75. The molecule has 1 N–H and O–H groups in total. The van der Waals surface area contributed by atoms with Crippen molar-refractivity contribution in [1.29, 1.82) is 0 Å². The predicted octanol–water partition coefficient (Wildman–Crippen LogP) is 4.28. The van der Waals surface area contributed by atoms with Gasteiger partial charge >= 0.3 is 6.61 Å². The van der Waals surface area contributed by atoms with Crippen LogP contribution in [0.2, 0.25) is 0 Å². The van der Waals surface area contributed by atoms with Crippen molar-refractivity contribution < 1.29 is 18.3 Å². The van der Waals surface area contributed by atoms with Crippen LogP contribution in [0.5, 0.6) is 5.75 Å². The van der Waals surface area contributed by atoms with E-state index < -0.39 is 6.61 Å². The van der Waals surface area contributed by atoms with Crippen molar-refractivity contribution in [1.82, 2.24) is 10.2 Å². The second-order valence-electron chi connectivity index (χ2n) is 6.24. The fraction of sp³-hybridized carbons (Fsp3) is 0.421. The molecule has 1 heterocycles. The molecule has 0 spiro atoms. The Morgan fingerprint density at radius 1 is 1.27 bits per heavy atom. The molecule has 1 aromatic carbocycles. The summed E-state index contributed by atoms with van der Waals surface area (Å²) in [6, 6.07) is 8.55. The molecule has 0 aliphatic rings. The molecule has 0 bridgehead atoms. The van der Waals surface area contributed by atoms with Crippen LogP contribution >= 0.6 is 11.3 Å². The Morgan fingerprint density at radius 2 is 1.92 bits per heavy atom. The fourth-order valence-corrected chi connectivity index (χ4v) is 3.73. The highest BCUT2D eigenvalue weighted by Crippen LogP contribution is 2.26. The third-order valence-corrected chi connectivity index (χ3v) is 5.08. The number of carbonyl (C=O) groups is 1. The molecule has 2 rings (SSSR count). The van der Waals surface area contributed by atoms with Crippen molar-refractivity contribution in [2.75, 3.05) is 13.6 Å². The van der Waals surface area contributed by atoms with Crippen molar-refractivity contribution in [2.45, 2.75) is 40.0 Å². The molecule has 1 atom stereocenters. The lowest BCUT2D eigenvalue weighted by atomic mass is 10.1. The number of carbonyl (C=O) groups excluding carboxylic acids is 1. The average molecular weight is 382 g/mol. The van der Waals surface area contributed by atoms with Crippen LogP contribution in [-0.2, 0) is 11.3 Å². The van der Waals surface area contributed by atoms with Crippen molar-refractivity contribution >= 4 is 17.2 Å². The average Bonchev–Trinajstić information content (AvgIpc) is 2.92. The maximum absolute atomic E-state index is 12.3. The maximum Gasteiger partial charge on any atom is 0.387 e. The molecule has 1 amide bonds. The Balaban J connectivity index is 1.84. The Kier molecular flexibility index (Phi) is 7.11. The molecule has 0 aliphatic carbocycles. The molecule has 0 saturated heterocycles. The quantitative estimate of drug-likeness (QED) is 0.741. The molecular weight excluding hydrogens is 358 g/mol. The zero-order chi connectivity index (χ0) is 19.3. The number of benzene rings is 1. The fourth-order valence-electron chi connectivity index (χ4n) is 2.70. The van der Waals surface area contributed by atoms with E-state index in [4.69, 9.17) is 0 Å². The summed E-state index contributed by atoms with van der Waals surface area (Å²) in [4.78, 5) is 16.5. The van der Waals surface area contributed by atoms with Gasteiger partial charge in [-0.05, 0) is 50.1 Å². The highest BCUT2D eigenvalue weighted by Gasteiger charge is 2.14. The van der Waals surface area contributed by atoms with E-state index in [1.165, 1.54) is 27.5 Å². The van der Waals surface area contributed by atoms with E-state index in [0.29, 0.717) is 6.54 Å². The van der Waals surface area contributed by atoms with Gasteiger partial charge in [-0.15, -0.1) is 11.3 Å². The molecular formula is C19H24F2N2O2S. The molecule has 1 unspecified atom stereocenters. The zero-order valence-corrected chi connectivity index (χ0v) is 16.2. The van der Waals surface area contributed by atoms with Crippen molar-refractivity contribution in [3.8, 4) is 5.75 Å². The summed E-state index contributed by atoms with van der Waals surface area (Å²) < 4.78 is 28.6. The van der Waals surface area contributed by atoms with Gasteiger partial charge in [-0.3, -0.25) is 4.79 Å². The minimum Gasteiger partial charge on any atom is -0.435 e. The number of ether oxygens (including phenoxy) is 1. The van der Waals surface area contributed by atoms with Crippen LogP contribution in [0.25, 0.3) is 0 Å². The smallest absolute Gasteiger partial charge is 0.387 e. The van der Waals surface area contributed by atoms with Gasteiger partial charge in [-0.2, -0.15) is 8.78 Å². The van der Waals surface area contributed by atoms with Gasteiger partial charge in [-0.25, -0.2) is 0 Å². The number of thiophene rings is 1. The highest BCUT2D eigenvalue weighted by molar-refractivity contribution is 7.12. The topological polar surface area (TPSA) is 41.6 Å². The molecule has 0 aliphatic heterocycles. The SMILES string of the molecule is Cc1cc(C(C)NCC(=O)N(C)Cc2ccc(OC(F)F)cc2)c(C)s1. The molecule has 4 nitrogen and oxygen atoms in total. The second-order valence-corrected chi connectivity index (χ2v) is 7.70. The van der Waals surface area contributed by atoms with Gasteiger partial charge in [-0.1, -0.05) is 12.1 Å². The molecule has 0 fully saturated rings. The van der Waals surface area contributed by atoms with Gasteiger partial charge in [0, 0.05) is 29.4 Å². The van der Waals surface area contributed by atoms with Gasteiger partial charge < -0.3 is 15.0 Å².